The summed E-state index contributed by atoms with van der Waals surface area (Å²) in [6, 6.07) is 9.25. The van der Waals surface area contributed by atoms with Gasteiger partial charge in [-0.05, 0) is 44.0 Å². The lowest BCUT2D eigenvalue weighted by Crippen LogP contribution is -2.13. The van der Waals surface area contributed by atoms with Gasteiger partial charge in [-0.15, -0.1) is 0 Å². The van der Waals surface area contributed by atoms with Crippen molar-refractivity contribution in [2.24, 2.45) is 7.05 Å². The number of amides is 1. The van der Waals surface area contributed by atoms with E-state index in [-0.39, 0.29) is 12.5 Å². The number of pyridine rings is 1. The van der Waals surface area contributed by atoms with Crippen LogP contribution in [0.15, 0.2) is 30.3 Å². The Hall–Kier alpha value is -2.73. The van der Waals surface area contributed by atoms with E-state index in [1.165, 1.54) is 0 Å². The van der Waals surface area contributed by atoms with Crippen molar-refractivity contribution in [3.8, 4) is 0 Å². The molecule has 1 aromatic carbocycles. The lowest BCUT2D eigenvalue weighted by atomic mass is 10.1. The molecule has 24 heavy (non-hydrogen) atoms. The predicted molar refractivity (Wildman–Crippen MR) is 93.2 cm³/mol. The van der Waals surface area contributed by atoms with Gasteiger partial charge in [0.1, 0.15) is 0 Å². The Morgan fingerprint density at radius 1 is 1.25 bits per heavy atom. The zero-order chi connectivity index (χ0) is 17.3. The maximum Gasteiger partial charge on any atom is 0.256 e. The molecule has 124 valence electrons. The van der Waals surface area contributed by atoms with Crippen LogP contribution in [0.4, 0.5) is 5.69 Å². The van der Waals surface area contributed by atoms with Crippen LogP contribution in [0.5, 0.6) is 0 Å². The standard InChI is InChI=1S/C18H20N4O2/c1-11-10-15(16-12(2)21-22(3)17(16)19-11)18(24)20-14-6-4-13(5-7-14)8-9-23/h4-7,10,23H,8-9H2,1-3H3,(H,20,24). The second-order valence-corrected chi connectivity index (χ2v) is 5.84. The van der Waals surface area contributed by atoms with Gasteiger partial charge in [0, 0.05) is 25.0 Å². The minimum absolute atomic E-state index is 0.111. The van der Waals surface area contributed by atoms with Crippen molar-refractivity contribution in [2.45, 2.75) is 20.3 Å². The van der Waals surface area contributed by atoms with E-state index in [1.54, 1.807) is 10.7 Å². The Balaban J connectivity index is 1.94. The molecule has 6 nitrogen and oxygen atoms in total. The number of benzene rings is 1. The van der Waals surface area contributed by atoms with Gasteiger partial charge in [0.2, 0.25) is 0 Å². The molecule has 0 bridgehead atoms. The Morgan fingerprint density at radius 2 is 1.96 bits per heavy atom. The smallest absolute Gasteiger partial charge is 0.256 e. The minimum atomic E-state index is -0.184. The van der Waals surface area contributed by atoms with E-state index in [9.17, 15) is 4.79 Å². The molecule has 0 atom stereocenters. The van der Waals surface area contributed by atoms with E-state index >= 15 is 0 Å². The minimum Gasteiger partial charge on any atom is -0.396 e. The summed E-state index contributed by atoms with van der Waals surface area (Å²) in [5.74, 6) is -0.184. The molecule has 0 radical (unpaired) electrons. The van der Waals surface area contributed by atoms with Crippen molar-refractivity contribution in [2.75, 3.05) is 11.9 Å². The van der Waals surface area contributed by atoms with Gasteiger partial charge >= 0.3 is 0 Å². The van der Waals surface area contributed by atoms with Gasteiger partial charge < -0.3 is 10.4 Å². The zero-order valence-corrected chi connectivity index (χ0v) is 14.0. The molecular formula is C18H20N4O2. The average Bonchev–Trinajstić information content (AvgIpc) is 2.83. The maximum atomic E-state index is 12.7. The second-order valence-electron chi connectivity index (χ2n) is 5.84. The molecule has 2 aromatic heterocycles. The molecule has 1 amide bonds. The average molecular weight is 324 g/mol. The predicted octanol–water partition coefficient (Wildman–Crippen LogP) is 2.37. The normalized spacial score (nSPS) is 11.0. The lowest BCUT2D eigenvalue weighted by molar-refractivity contribution is 0.102. The van der Waals surface area contributed by atoms with Gasteiger partial charge in [-0.3, -0.25) is 9.48 Å². The summed E-state index contributed by atoms with van der Waals surface area (Å²) >= 11 is 0. The van der Waals surface area contributed by atoms with Crippen molar-refractivity contribution in [3.05, 3.63) is 52.8 Å². The van der Waals surface area contributed by atoms with Gasteiger partial charge in [-0.25, -0.2) is 4.98 Å². The molecule has 6 heteroatoms. The molecule has 0 aliphatic heterocycles. The van der Waals surface area contributed by atoms with Crippen molar-refractivity contribution >= 4 is 22.6 Å². The summed E-state index contributed by atoms with van der Waals surface area (Å²) in [4.78, 5) is 17.2. The number of aliphatic hydroxyl groups is 1. The Labute approximate surface area is 140 Å². The fourth-order valence-corrected chi connectivity index (χ4v) is 2.83. The molecule has 3 rings (SSSR count). The number of carbonyl (C=O) groups is 1. The van der Waals surface area contributed by atoms with Crippen molar-refractivity contribution < 1.29 is 9.90 Å². The number of carbonyl (C=O) groups excluding carboxylic acids is 1. The van der Waals surface area contributed by atoms with Gasteiger partial charge in [0.15, 0.2) is 5.65 Å². The zero-order valence-electron chi connectivity index (χ0n) is 14.0. The maximum absolute atomic E-state index is 12.7. The largest absolute Gasteiger partial charge is 0.396 e. The highest BCUT2D eigenvalue weighted by Crippen LogP contribution is 2.23. The summed E-state index contributed by atoms with van der Waals surface area (Å²) < 4.78 is 1.69. The van der Waals surface area contributed by atoms with Crippen molar-refractivity contribution in [1.29, 1.82) is 0 Å². The highest BCUT2D eigenvalue weighted by atomic mass is 16.3. The first kappa shape index (κ1) is 16.1. The highest BCUT2D eigenvalue weighted by Gasteiger charge is 2.17. The number of anilines is 1. The number of aliphatic hydroxyl groups excluding tert-OH is 1. The number of nitrogens with zero attached hydrogens (tertiary/aromatic N) is 3. The third kappa shape index (κ3) is 3.00. The summed E-state index contributed by atoms with van der Waals surface area (Å²) in [5.41, 5.74) is 4.57. The van der Waals surface area contributed by atoms with Gasteiger partial charge in [-0.1, -0.05) is 12.1 Å². The van der Waals surface area contributed by atoms with Crippen molar-refractivity contribution in [3.63, 3.8) is 0 Å². The number of fused-ring (bicyclic) bond motifs is 1. The summed E-state index contributed by atoms with van der Waals surface area (Å²) in [5, 5.41) is 17.0. The van der Waals surface area contributed by atoms with E-state index in [1.807, 2.05) is 45.2 Å². The molecule has 0 aliphatic carbocycles. The lowest BCUT2D eigenvalue weighted by Gasteiger charge is -2.08. The first-order valence-electron chi connectivity index (χ1n) is 7.81. The molecule has 0 spiro atoms. The molecule has 0 saturated carbocycles. The summed E-state index contributed by atoms with van der Waals surface area (Å²) in [6.45, 7) is 3.85. The highest BCUT2D eigenvalue weighted by molar-refractivity contribution is 6.12. The topological polar surface area (TPSA) is 80.0 Å². The summed E-state index contributed by atoms with van der Waals surface area (Å²) in [6.07, 6.45) is 0.604. The van der Waals surface area contributed by atoms with Crippen LogP contribution in [-0.2, 0) is 13.5 Å². The molecule has 0 fully saturated rings. The van der Waals surface area contributed by atoms with E-state index in [0.717, 1.165) is 22.3 Å². The summed E-state index contributed by atoms with van der Waals surface area (Å²) in [7, 11) is 1.82. The van der Waals surface area contributed by atoms with Crippen LogP contribution < -0.4 is 5.32 Å². The first-order valence-corrected chi connectivity index (χ1v) is 7.81. The van der Waals surface area contributed by atoms with Crippen LogP contribution in [0.2, 0.25) is 0 Å². The molecule has 2 heterocycles. The van der Waals surface area contributed by atoms with Gasteiger partial charge in [-0.2, -0.15) is 5.10 Å². The van der Waals surface area contributed by atoms with Gasteiger partial charge in [0.05, 0.1) is 16.6 Å². The fourth-order valence-electron chi connectivity index (χ4n) is 2.83. The number of aromatic nitrogens is 3. The van der Waals surface area contributed by atoms with Crippen molar-refractivity contribution in [1.82, 2.24) is 14.8 Å². The van der Waals surface area contributed by atoms with Crippen LogP contribution in [0.25, 0.3) is 11.0 Å². The van der Waals surface area contributed by atoms with Crippen LogP contribution in [0.3, 0.4) is 0 Å². The number of aryl methyl sites for hydroxylation is 3. The monoisotopic (exact) mass is 324 g/mol. The van der Waals surface area contributed by atoms with E-state index < -0.39 is 0 Å². The van der Waals surface area contributed by atoms with E-state index in [0.29, 0.717) is 23.3 Å². The molecule has 3 aromatic rings. The second kappa shape index (κ2) is 6.41. The van der Waals surface area contributed by atoms with Crippen LogP contribution >= 0.6 is 0 Å². The molecule has 0 saturated heterocycles. The number of hydrogen-bond donors (Lipinski definition) is 2. The molecule has 0 unspecified atom stereocenters. The van der Waals surface area contributed by atoms with E-state index in [4.69, 9.17) is 5.11 Å². The number of rotatable bonds is 4. The molecule has 2 N–H and O–H groups in total. The number of hydrogen-bond acceptors (Lipinski definition) is 4. The van der Waals surface area contributed by atoms with Gasteiger partial charge in [0.25, 0.3) is 5.91 Å². The molecule has 0 aliphatic rings. The number of nitrogens with one attached hydrogen (secondary N) is 1. The SMILES string of the molecule is Cc1cc(C(=O)Nc2ccc(CCO)cc2)c2c(C)nn(C)c2n1. The molecular weight excluding hydrogens is 304 g/mol. The fraction of sp³-hybridized carbons (Fsp3) is 0.278. The Bertz CT molecular complexity index is 898. The Kier molecular flexibility index (Phi) is 4.31. The Morgan fingerprint density at radius 3 is 2.62 bits per heavy atom. The third-order valence-electron chi connectivity index (χ3n) is 3.95. The quantitative estimate of drug-likeness (QED) is 0.772. The first-order chi connectivity index (χ1) is 11.5. The van der Waals surface area contributed by atoms with Crippen LogP contribution in [0, 0.1) is 13.8 Å². The van der Waals surface area contributed by atoms with Crippen LogP contribution in [0.1, 0.15) is 27.3 Å². The van der Waals surface area contributed by atoms with E-state index in [2.05, 4.69) is 15.4 Å². The van der Waals surface area contributed by atoms with Crippen LogP contribution in [-0.4, -0.2) is 32.4 Å². The third-order valence-corrected chi connectivity index (χ3v) is 3.95.